The van der Waals surface area contributed by atoms with Gasteiger partial charge in [-0.1, -0.05) is 13.3 Å². The zero-order valence-corrected chi connectivity index (χ0v) is 8.61. The molecule has 0 unspecified atom stereocenters. The first-order valence-corrected chi connectivity index (χ1v) is 4.12. The molecule has 0 aliphatic rings. The number of hydrogen-bond donors (Lipinski definition) is 1. The fraction of sp³-hybridized carbons (Fsp3) is 1.00. The van der Waals surface area contributed by atoms with Gasteiger partial charge in [0, 0.05) is 29.6 Å². The summed E-state index contributed by atoms with van der Waals surface area (Å²) in [5.41, 5.74) is 0. The molecule has 0 bridgehead atoms. The normalized spacial score (nSPS) is 10.4. The van der Waals surface area contributed by atoms with E-state index in [-0.39, 0.29) is 35.3 Å². The molecule has 51 valence electrons. The first kappa shape index (κ1) is 12.6. The van der Waals surface area contributed by atoms with Gasteiger partial charge in [0.05, 0.1) is 5.75 Å². The Bertz CT molecular complexity index is 140. The van der Waals surface area contributed by atoms with Crippen molar-refractivity contribution in [2.75, 3.05) is 5.75 Å². The van der Waals surface area contributed by atoms with E-state index in [1.165, 1.54) is 0 Å². The molecule has 0 spiro atoms. The van der Waals surface area contributed by atoms with E-state index in [1.807, 2.05) is 6.92 Å². The van der Waals surface area contributed by atoms with Crippen LogP contribution in [-0.2, 0) is 10.1 Å². The summed E-state index contributed by atoms with van der Waals surface area (Å²) in [4.78, 5) is 0. The minimum Gasteiger partial charge on any atom is -0.286 e. The van der Waals surface area contributed by atoms with Gasteiger partial charge >= 0.3 is 0 Å². The largest absolute Gasteiger partial charge is 0.286 e. The van der Waals surface area contributed by atoms with E-state index in [2.05, 4.69) is 0 Å². The van der Waals surface area contributed by atoms with Crippen LogP contribution in [0.1, 0.15) is 19.8 Å². The van der Waals surface area contributed by atoms with Gasteiger partial charge in [-0.15, -0.1) is 0 Å². The van der Waals surface area contributed by atoms with Crippen LogP contribution in [-0.4, -0.2) is 48.3 Å². The van der Waals surface area contributed by atoms with Gasteiger partial charge in [-0.2, -0.15) is 8.42 Å². The predicted molar refractivity (Wildman–Crippen MR) is 37.1 cm³/mol. The Kier molecular flexibility index (Phi) is 7.93. The van der Waals surface area contributed by atoms with Gasteiger partial charge in [0.15, 0.2) is 0 Å². The Labute approximate surface area is 77.9 Å². The van der Waals surface area contributed by atoms with Crippen molar-refractivity contribution in [2.24, 2.45) is 0 Å². The van der Waals surface area contributed by atoms with Crippen molar-refractivity contribution >= 4 is 39.7 Å². The van der Waals surface area contributed by atoms with Crippen molar-refractivity contribution < 1.29 is 13.0 Å². The second-order valence-electron chi connectivity index (χ2n) is 1.64. The molecule has 3 nitrogen and oxygen atoms in total. The van der Waals surface area contributed by atoms with E-state index < -0.39 is 10.1 Å². The van der Waals surface area contributed by atoms with Crippen molar-refractivity contribution in [3.05, 3.63) is 0 Å². The molecule has 0 heterocycles. The maximum Gasteiger partial charge on any atom is 0.264 e. The molecule has 0 saturated carbocycles. The zero-order valence-electron chi connectivity index (χ0n) is 5.79. The third-order valence-corrected chi connectivity index (χ3v) is 1.56. The second-order valence-corrected chi connectivity index (χ2v) is 3.21. The van der Waals surface area contributed by atoms with Gasteiger partial charge in [0.2, 0.25) is 0 Å². The minimum atomic E-state index is -3.69. The summed E-state index contributed by atoms with van der Waals surface area (Å²) >= 11 is 0. The molecule has 0 atom stereocenters. The van der Waals surface area contributed by atoms with Gasteiger partial charge in [-0.05, 0) is 6.42 Å². The molecule has 0 aromatic heterocycles. The van der Waals surface area contributed by atoms with E-state index in [0.717, 1.165) is 6.42 Å². The fourth-order valence-corrected chi connectivity index (χ4v) is 0.980. The maximum absolute atomic E-state index is 9.95. The first-order valence-electron chi connectivity index (χ1n) is 2.51. The van der Waals surface area contributed by atoms with Crippen LogP contribution >= 0.6 is 0 Å². The molecule has 0 saturated heterocycles. The third kappa shape index (κ3) is 12.2. The summed E-state index contributed by atoms with van der Waals surface area (Å²) in [6.45, 7) is 1.87. The Hall–Kier alpha value is 0.910. The number of hydrogen-bond acceptors (Lipinski definition) is 2. The van der Waals surface area contributed by atoms with E-state index >= 15 is 0 Å². The van der Waals surface area contributed by atoms with Gasteiger partial charge in [0.1, 0.15) is 0 Å². The Morgan fingerprint density at radius 2 is 1.89 bits per heavy atom. The summed E-state index contributed by atoms with van der Waals surface area (Å²) in [5, 5.41) is 0. The molecule has 0 amide bonds. The van der Waals surface area contributed by atoms with Gasteiger partial charge < -0.3 is 0 Å². The van der Waals surface area contributed by atoms with E-state index in [4.69, 9.17) is 4.55 Å². The van der Waals surface area contributed by atoms with Gasteiger partial charge in [-0.3, -0.25) is 4.55 Å². The Balaban J connectivity index is 0. The van der Waals surface area contributed by atoms with Crippen LogP contribution in [0.5, 0.6) is 0 Å². The number of rotatable bonds is 3. The third-order valence-electron chi connectivity index (χ3n) is 0.756. The molecule has 1 radical (unpaired) electrons. The van der Waals surface area contributed by atoms with Crippen LogP contribution in [0.4, 0.5) is 0 Å². The average molecular weight is 161 g/mol. The van der Waals surface area contributed by atoms with Crippen molar-refractivity contribution in [1.29, 1.82) is 0 Å². The molecular weight excluding hydrogens is 151 g/mol. The zero-order chi connectivity index (χ0) is 6.62. The summed E-state index contributed by atoms with van der Waals surface area (Å²) in [7, 11) is -3.69. The standard InChI is InChI=1S/C4H10O3S.Na/c1-2-3-4-8(5,6)7;/h2-4H2,1H3,(H,5,6,7);. The van der Waals surface area contributed by atoms with Crippen LogP contribution < -0.4 is 0 Å². The van der Waals surface area contributed by atoms with Crippen LogP contribution in [0.15, 0.2) is 0 Å². The van der Waals surface area contributed by atoms with Crippen molar-refractivity contribution in [2.45, 2.75) is 19.8 Å². The van der Waals surface area contributed by atoms with E-state index in [0.29, 0.717) is 6.42 Å². The van der Waals surface area contributed by atoms with Crippen molar-refractivity contribution in [1.82, 2.24) is 0 Å². The molecule has 0 fully saturated rings. The van der Waals surface area contributed by atoms with Crippen molar-refractivity contribution in [3.63, 3.8) is 0 Å². The first-order chi connectivity index (χ1) is 3.56. The molecule has 0 aromatic rings. The van der Waals surface area contributed by atoms with E-state index in [1.54, 1.807) is 0 Å². The summed E-state index contributed by atoms with van der Waals surface area (Å²) in [5.74, 6) is -0.108. The smallest absolute Gasteiger partial charge is 0.264 e. The second kappa shape index (κ2) is 5.68. The summed E-state index contributed by atoms with van der Waals surface area (Å²) < 4.78 is 28.0. The molecule has 0 aliphatic heterocycles. The number of unbranched alkanes of at least 4 members (excludes halogenated alkanes) is 1. The van der Waals surface area contributed by atoms with Crippen LogP contribution in [0.2, 0.25) is 0 Å². The fourth-order valence-electron chi connectivity index (χ4n) is 0.327. The minimum absolute atomic E-state index is 0. The average Bonchev–Trinajstić information content (AvgIpc) is 1.59. The topological polar surface area (TPSA) is 54.4 Å². The van der Waals surface area contributed by atoms with Gasteiger partial charge in [-0.25, -0.2) is 0 Å². The Morgan fingerprint density at radius 3 is 2.00 bits per heavy atom. The molecule has 0 aliphatic carbocycles. The van der Waals surface area contributed by atoms with E-state index in [9.17, 15) is 8.42 Å². The van der Waals surface area contributed by atoms with Crippen LogP contribution in [0.3, 0.4) is 0 Å². The molecule has 1 N–H and O–H groups in total. The monoisotopic (exact) mass is 161 g/mol. The molecule has 0 aromatic carbocycles. The summed E-state index contributed by atoms with van der Waals surface area (Å²) in [6, 6.07) is 0. The molecule has 0 rings (SSSR count). The maximum atomic E-state index is 9.95. The van der Waals surface area contributed by atoms with Crippen LogP contribution in [0, 0.1) is 0 Å². The molecule has 9 heavy (non-hydrogen) atoms. The van der Waals surface area contributed by atoms with Crippen molar-refractivity contribution in [3.8, 4) is 0 Å². The SMILES string of the molecule is CCCCS(=O)(=O)O.[Na]. The quantitative estimate of drug-likeness (QED) is 0.478. The predicted octanol–water partition coefficient (Wildman–Crippen LogP) is 0.294. The Morgan fingerprint density at radius 1 is 1.44 bits per heavy atom. The van der Waals surface area contributed by atoms with Gasteiger partial charge in [0.25, 0.3) is 10.1 Å². The summed E-state index contributed by atoms with van der Waals surface area (Å²) in [6.07, 6.45) is 1.33. The van der Waals surface area contributed by atoms with Crippen LogP contribution in [0.25, 0.3) is 0 Å². The molecule has 5 heteroatoms. The molecular formula is C4H10NaO3S.